The molecule has 0 saturated carbocycles. The Morgan fingerprint density at radius 3 is 2.41 bits per heavy atom. The maximum atomic E-state index is 5.86. The maximum absolute atomic E-state index is 5.86. The summed E-state index contributed by atoms with van der Waals surface area (Å²) < 4.78 is 5.86. The van der Waals surface area contributed by atoms with Crippen LogP contribution in [-0.2, 0) is 0 Å². The first-order valence-corrected chi connectivity index (χ1v) is 12.3. The van der Waals surface area contributed by atoms with Gasteiger partial charge in [-0.05, 0) is 37.3 Å². The van der Waals surface area contributed by atoms with Gasteiger partial charge < -0.3 is 4.74 Å². The molecule has 1 heterocycles. The molecule has 1 nitrogen and oxygen atoms in total. The first-order chi connectivity index (χ1) is 10.7. The SMILES string of the molecule is CCCCC[Si]1(CC)CCC(c2ccccc2OCC)CC1. The monoisotopic (exact) mass is 318 g/mol. The van der Waals surface area contributed by atoms with Crippen molar-refractivity contribution in [1.82, 2.24) is 0 Å². The standard InChI is InChI=1S/C20H34OSi/c1-4-7-10-15-22(6-3)16-13-18(14-17-22)19-11-8-9-12-20(19)21-5-2/h8-9,11-12,18H,4-7,10,13-17H2,1-3H3. The molecule has 1 aromatic carbocycles. The quantitative estimate of drug-likeness (QED) is 0.386. The zero-order chi connectivity index (χ0) is 15.8. The van der Waals surface area contributed by atoms with Gasteiger partial charge in [-0.15, -0.1) is 0 Å². The van der Waals surface area contributed by atoms with Crippen LogP contribution in [0.1, 0.15) is 64.4 Å². The Bertz CT molecular complexity index is 435. The molecule has 0 amide bonds. The summed E-state index contributed by atoms with van der Waals surface area (Å²) >= 11 is 0. The zero-order valence-electron chi connectivity index (χ0n) is 14.9. The topological polar surface area (TPSA) is 9.23 Å². The van der Waals surface area contributed by atoms with Crippen LogP contribution in [0.2, 0.25) is 24.2 Å². The number of hydrogen-bond acceptors (Lipinski definition) is 1. The van der Waals surface area contributed by atoms with E-state index in [4.69, 9.17) is 4.74 Å². The Balaban J connectivity index is 1.99. The van der Waals surface area contributed by atoms with Crippen LogP contribution in [0.25, 0.3) is 0 Å². The van der Waals surface area contributed by atoms with Crippen LogP contribution >= 0.6 is 0 Å². The van der Waals surface area contributed by atoms with E-state index in [0.717, 1.165) is 18.3 Å². The van der Waals surface area contributed by atoms with Crippen LogP contribution in [0.15, 0.2) is 24.3 Å². The van der Waals surface area contributed by atoms with Gasteiger partial charge in [-0.2, -0.15) is 0 Å². The Labute approximate surface area is 138 Å². The molecule has 0 unspecified atom stereocenters. The number of benzene rings is 1. The lowest BCUT2D eigenvalue weighted by Crippen LogP contribution is -2.37. The predicted molar refractivity (Wildman–Crippen MR) is 99.8 cm³/mol. The highest BCUT2D eigenvalue weighted by Crippen LogP contribution is 2.44. The smallest absolute Gasteiger partial charge is 0.122 e. The lowest BCUT2D eigenvalue weighted by molar-refractivity contribution is 0.332. The number of para-hydroxylation sites is 1. The van der Waals surface area contributed by atoms with Gasteiger partial charge in [-0.1, -0.05) is 75.5 Å². The van der Waals surface area contributed by atoms with Crippen LogP contribution < -0.4 is 4.74 Å². The third-order valence-corrected chi connectivity index (χ3v) is 11.4. The van der Waals surface area contributed by atoms with E-state index in [-0.39, 0.29) is 0 Å². The second-order valence-corrected chi connectivity index (χ2v) is 12.3. The predicted octanol–water partition coefficient (Wildman–Crippen LogP) is 6.62. The van der Waals surface area contributed by atoms with E-state index >= 15 is 0 Å². The number of hydrogen-bond donors (Lipinski definition) is 0. The molecule has 0 atom stereocenters. The van der Waals surface area contributed by atoms with Crippen LogP contribution in [0.3, 0.4) is 0 Å². The lowest BCUT2D eigenvalue weighted by Gasteiger charge is -2.38. The van der Waals surface area contributed by atoms with Crippen molar-refractivity contribution in [1.29, 1.82) is 0 Å². The van der Waals surface area contributed by atoms with Gasteiger partial charge in [0.25, 0.3) is 0 Å². The Kier molecular flexibility index (Phi) is 7.00. The summed E-state index contributed by atoms with van der Waals surface area (Å²) in [5.41, 5.74) is 1.47. The van der Waals surface area contributed by atoms with Crippen molar-refractivity contribution in [3.63, 3.8) is 0 Å². The van der Waals surface area contributed by atoms with Crippen molar-refractivity contribution in [2.24, 2.45) is 0 Å². The molecular formula is C20H34OSi. The Morgan fingerprint density at radius 2 is 1.77 bits per heavy atom. The average molecular weight is 319 g/mol. The highest BCUT2D eigenvalue weighted by atomic mass is 28.3. The van der Waals surface area contributed by atoms with E-state index in [1.807, 2.05) is 0 Å². The molecule has 0 aromatic heterocycles. The van der Waals surface area contributed by atoms with Crippen LogP contribution in [0.5, 0.6) is 5.75 Å². The van der Waals surface area contributed by atoms with Crippen molar-refractivity contribution in [3.8, 4) is 5.75 Å². The first kappa shape index (κ1) is 17.6. The van der Waals surface area contributed by atoms with E-state index in [1.54, 1.807) is 18.1 Å². The summed E-state index contributed by atoms with van der Waals surface area (Å²) in [5, 5.41) is 0. The van der Waals surface area contributed by atoms with Crippen molar-refractivity contribution >= 4 is 8.07 Å². The molecule has 124 valence electrons. The van der Waals surface area contributed by atoms with Crippen LogP contribution in [0, 0.1) is 0 Å². The molecule has 1 aliphatic rings. The van der Waals surface area contributed by atoms with Gasteiger partial charge in [-0.25, -0.2) is 0 Å². The summed E-state index contributed by atoms with van der Waals surface area (Å²) in [6.45, 7) is 7.64. The molecule has 1 saturated heterocycles. The fourth-order valence-electron chi connectivity index (χ4n) is 4.18. The van der Waals surface area contributed by atoms with Crippen molar-refractivity contribution < 1.29 is 4.74 Å². The molecule has 2 heteroatoms. The molecule has 22 heavy (non-hydrogen) atoms. The largest absolute Gasteiger partial charge is 0.494 e. The summed E-state index contributed by atoms with van der Waals surface area (Å²) in [5.74, 6) is 1.87. The minimum absolute atomic E-state index is 0.737. The lowest BCUT2D eigenvalue weighted by atomic mass is 9.92. The van der Waals surface area contributed by atoms with E-state index in [9.17, 15) is 0 Å². The fourth-order valence-corrected chi connectivity index (χ4v) is 8.91. The van der Waals surface area contributed by atoms with Crippen molar-refractivity contribution in [2.75, 3.05) is 6.61 Å². The average Bonchev–Trinajstić information content (AvgIpc) is 2.57. The number of rotatable bonds is 8. The minimum Gasteiger partial charge on any atom is -0.494 e. The van der Waals surface area contributed by atoms with E-state index in [1.165, 1.54) is 43.7 Å². The van der Waals surface area contributed by atoms with E-state index < -0.39 is 8.07 Å². The maximum Gasteiger partial charge on any atom is 0.122 e. The summed E-state index contributed by atoms with van der Waals surface area (Å²) in [6.07, 6.45) is 7.08. The fraction of sp³-hybridized carbons (Fsp3) is 0.700. The third-order valence-electron chi connectivity index (χ3n) is 5.77. The molecule has 0 spiro atoms. The van der Waals surface area contributed by atoms with Gasteiger partial charge in [0, 0.05) is 0 Å². The third kappa shape index (κ3) is 4.38. The van der Waals surface area contributed by atoms with Gasteiger partial charge in [-0.3, -0.25) is 0 Å². The highest BCUT2D eigenvalue weighted by molar-refractivity contribution is 6.80. The van der Waals surface area contributed by atoms with Crippen LogP contribution in [-0.4, -0.2) is 14.7 Å². The molecule has 2 rings (SSSR count). The van der Waals surface area contributed by atoms with Crippen molar-refractivity contribution in [2.45, 2.75) is 83.0 Å². The molecule has 1 fully saturated rings. The summed E-state index contributed by atoms with van der Waals surface area (Å²) in [6, 6.07) is 14.9. The van der Waals surface area contributed by atoms with Crippen molar-refractivity contribution in [3.05, 3.63) is 29.8 Å². The Hall–Kier alpha value is -0.763. The molecule has 0 aliphatic carbocycles. The molecule has 0 bridgehead atoms. The second kappa shape index (κ2) is 8.76. The van der Waals surface area contributed by atoms with Gasteiger partial charge in [0.05, 0.1) is 14.7 Å². The van der Waals surface area contributed by atoms with Gasteiger partial charge in [0.2, 0.25) is 0 Å². The van der Waals surface area contributed by atoms with E-state index in [0.29, 0.717) is 0 Å². The highest BCUT2D eigenvalue weighted by Gasteiger charge is 2.36. The molecule has 1 aromatic rings. The number of ether oxygens (including phenoxy) is 1. The zero-order valence-corrected chi connectivity index (χ0v) is 15.9. The van der Waals surface area contributed by atoms with Crippen LogP contribution in [0.4, 0.5) is 0 Å². The molecule has 1 aliphatic heterocycles. The molecular weight excluding hydrogens is 284 g/mol. The van der Waals surface area contributed by atoms with E-state index in [2.05, 4.69) is 45.0 Å². The number of unbranched alkanes of at least 4 members (excludes halogenated alkanes) is 2. The minimum atomic E-state index is -0.945. The normalized spacial score (nSPS) is 25.1. The van der Waals surface area contributed by atoms with Gasteiger partial charge >= 0.3 is 0 Å². The Morgan fingerprint density at radius 1 is 1.05 bits per heavy atom. The van der Waals surface area contributed by atoms with Gasteiger partial charge in [0.1, 0.15) is 5.75 Å². The van der Waals surface area contributed by atoms with Gasteiger partial charge in [0.15, 0.2) is 0 Å². The molecule has 0 radical (unpaired) electrons. The second-order valence-electron chi connectivity index (χ2n) is 7.06. The molecule has 0 N–H and O–H groups in total. The summed E-state index contributed by atoms with van der Waals surface area (Å²) in [7, 11) is -0.945. The summed E-state index contributed by atoms with van der Waals surface area (Å²) in [4.78, 5) is 0. The first-order valence-electron chi connectivity index (χ1n) is 9.46.